The number of fused-ring (bicyclic) bond motifs is 1. The van der Waals surface area contributed by atoms with Crippen LogP contribution in [-0.2, 0) is 25.8 Å². The highest BCUT2D eigenvalue weighted by Gasteiger charge is 2.39. The van der Waals surface area contributed by atoms with Gasteiger partial charge in [-0.05, 0) is 81.0 Å². The molecule has 2 aromatic carbocycles. The summed E-state index contributed by atoms with van der Waals surface area (Å²) in [6.45, 7) is 5.88. The maximum atomic E-state index is 12.9. The molecule has 0 saturated heterocycles. The molecule has 0 radical (unpaired) electrons. The Morgan fingerprint density at radius 2 is 1.87 bits per heavy atom. The van der Waals surface area contributed by atoms with Crippen LogP contribution in [0.3, 0.4) is 0 Å². The van der Waals surface area contributed by atoms with Crippen molar-refractivity contribution in [2.75, 3.05) is 16.0 Å². The first kappa shape index (κ1) is 21.6. The van der Waals surface area contributed by atoms with Gasteiger partial charge in [-0.1, -0.05) is 12.1 Å². The number of benzene rings is 2. The molecule has 7 heteroatoms. The minimum Gasteiger partial charge on any atom is -0.326 e. The van der Waals surface area contributed by atoms with Crippen molar-refractivity contribution in [2.24, 2.45) is 5.92 Å². The van der Waals surface area contributed by atoms with Gasteiger partial charge >= 0.3 is 0 Å². The van der Waals surface area contributed by atoms with Gasteiger partial charge in [0.2, 0.25) is 11.8 Å². The second kappa shape index (κ2) is 8.11. The molecule has 1 aliphatic heterocycles. The molecule has 1 saturated carbocycles. The lowest BCUT2D eigenvalue weighted by atomic mass is 10.1. The molecule has 31 heavy (non-hydrogen) atoms. The molecule has 2 aliphatic rings. The van der Waals surface area contributed by atoms with E-state index in [0.29, 0.717) is 12.1 Å². The predicted molar refractivity (Wildman–Crippen MR) is 121 cm³/mol. The van der Waals surface area contributed by atoms with Crippen LogP contribution in [-0.4, -0.2) is 32.0 Å². The maximum absolute atomic E-state index is 12.9. The van der Waals surface area contributed by atoms with E-state index in [9.17, 15) is 18.0 Å². The molecule has 164 valence electrons. The van der Waals surface area contributed by atoms with E-state index < -0.39 is 9.84 Å². The fourth-order valence-electron chi connectivity index (χ4n) is 4.11. The Kier molecular flexibility index (Phi) is 5.64. The van der Waals surface area contributed by atoms with Crippen LogP contribution >= 0.6 is 0 Å². The van der Waals surface area contributed by atoms with Gasteiger partial charge in [0.05, 0.1) is 10.6 Å². The average molecular weight is 441 g/mol. The van der Waals surface area contributed by atoms with Crippen LogP contribution in [0.4, 0.5) is 11.4 Å². The van der Waals surface area contributed by atoms with Gasteiger partial charge in [0, 0.05) is 29.8 Å². The second-order valence-electron chi connectivity index (χ2n) is 8.69. The fourth-order valence-corrected chi connectivity index (χ4v) is 5.39. The number of hydrogen-bond acceptors (Lipinski definition) is 4. The van der Waals surface area contributed by atoms with Gasteiger partial charge in [-0.2, -0.15) is 0 Å². The smallest absolute Gasteiger partial charge is 0.230 e. The maximum Gasteiger partial charge on any atom is 0.230 e. The quantitative estimate of drug-likeness (QED) is 0.741. The Morgan fingerprint density at radius 1 is 1.13 bits per heavy atom. The molecule has 1 aliphatic carbocycles. The lowest BCUT2D eigenvalue weighted by molar-refractivity contribution is -0.120. The minimum atomic E-state index is -3.61. The van der Waals surface area contributed by atoms with Gasteiger partial charge in [0.15, 0.2) is 9.84 Å². The van der Waals surface area contributed by atoms with Crippen LogP contribution in [0.15, 0.2) is 41.3 Å². The summed E-state index contributed by atoms with van der Waals surface area (Å²) in [5.41, 5.74) is 4.43. The van der Waals surface area contributed by atoms with Gasteiger partial charge in [0.25, 0.3) is 0 Å². The molecular weight excluding hydrogens is 412 g/mol. The normalized spacial score (nSPS) is 18.0. The van der Waals surface area contributed by atoms with Gasteiger partial charge in [-0.3, -0.25) is 9.59 Å². The lowest BCUT2D eigenvalue weighted by Gasteiger charge is -2.22. The molecule has 0 spiro atoms. The number of aryl methyl sites for hydroxylation is 1. The lowest BCUT2D eigenvalue weighted by Crippen LogP contribution is -2.36. The van der Waals surface area contributed by atoms with Crippen molar-refractivity contribution in [1.82, 2.24) is 0 Å². The van der Waals surface area contributed by atoms with Crippen LogP contribution in [0.2, 0.25) is 0 Å². The number of nitrogens with zero attached hydrogens (tertiary/aromatic N) is 1. The summed E-state index contributed by atoms with van der Waals surface area (Å²) in [7, 11) is -3.61. The van der Waals surface area contributed by atoms with Crippen molar-refractivity contribution in [3.8, 4) is 0 Å². The third-order valence-corrected chi connectivity index (χ3v) is 7.98. The molecule has 1 unspecified atom stereocenters. The summed E-state index contributed by atoms with van der Waals surface area (Å²) < 4.78 is 25.7. The van der Waals surface area contributed by atoms with E-state index in [2.05, 4.69) is 5.32 Å². The Balaban J connectivity index is 1.44. The van der Waals surface area contributed by atoms with Gasteiger partial charge in [-0.25, -0.2) is 8.42 Å². The highest BCUT2D eigenvalue weighted by molar-refractivity contribution is 7.91. The first-order chi connectivity index (χ1) is 14.7. The van der Waals surface area contributed by atoms with Crippen LogP contribution < -0.4 is 10.2 Å². The molecule has 4 rings (SSSR count). The molecule has 2 amide bonds. The summed E-state index contributed by atoms with van der Waals surface area (Å²) >= 11 is 0. The number of anilines is 2. The number of rotatable bonds is 6. The summed E-state index contributed by atoms with van der Waals surface area (Å²) in [6.07, 6.45) is 2.40. The topological polar surface area (TPSA) is 83.6 Å². The van der Waals surface area contributed by atoms with Gasteiger partial charge in [0.1, 0.15) is 0 Å². The molecule has 0 bridgehead atoms. The standard InChI is InChI=1S/C24H28N2O4S/c1-15-5-4-6-21(17(15)3)25-23(27)11-12-31(29,30)20-9-10-22-19(14-20)13-16(2)26(22)24(28)18-7-8-18/h4-6,9-10,14,16,18H,7-8,11-13H2,1-3H3,(H,25,27). The zero-order valence-electron chi connectivity index (χ0n) is 18.1. The number of sulfone groups is 1. The van der Waals surface area contributed by atoms with Gasteiger partial charge < -0.3 is 10.2 Å². The van der Waals surface area contributed by atoms with Crippen molar-refractivity contribution in [3.63, 3.8) is 0 Å². The monoisotopic (exact) mass is 440 g/mol. The van der Waals surface area contributed by atoms with E-state index in [1.807, 2.05) is 43.9 Å². The SMILES string of the molecule is Cc1cccc(NC(=O)CCS(=O)(=O)c2ccc3c(c2)CC(C)N3C(=O)C2CC2)c1C. The molecule has 1 N–H and O–H groups in total. The fraction of sp³-hybridized carbons (Fsp3) is 0.417. The number of carbonyl (C=O) groups is 2. The van der Waals surface area contributed by atoms with E-state index >= 15 is 0 Å². The largest absolute Gasteiger partial charge is 0.326 e. The van der Waals surface area contributed by atoms with Crippen molar-refractivity contribution in [1.29, 1.82) is 0 Å². The third-order valence-electron chi connectivity index (χ3n) is 6.27. The Labute approximate surface area is 183 Å². The van der Waals surface area contributed by atoms with E-state index in [0.717, 1.165) is 35.2 Å². The zero-order valence-corrected chi connectivity index (χ0v) is 19.0. The number of amides is 2. The van der Waals surface area contributed by atoms with E-state index in [4.69, 9.17) is 0 Å². The van der Waals surface area contributed by atoms with E-state index in [1.165, 1.54) is 0 Å². The van der Waals surface area contributed by atoms with Crippen LogP contribution in [0, 0.1) is 19.8 Å². The van der Waals surface area contributed by atoms with Crippen LogP contribution in [0.1, 0.15) is 42.9 Å². The van der Waals surface area contributed by atoms with Crippen LogP contribution in [0.5, 0.6) is 0 Å². The van der Waals surface area contributed by atoms with E-state index in [-0.39, 0.29) is 40.8 Å². The second-order valence-corrected chi connectivity index (χ2v) is 10.8. The average Bonchev–Trinajstić information content (AvgIpc) is 3.51. The van der Waals surface area contributed by atoms with Crippen molar-refractivity contribution < 1.29 is 18.0 Å². The summed E-state index contributed by atoms with van der Waals surface area (Å²) in [6, 6.07) is 10.6. The van der Waals surface area contributed by atoms with Crippen molar-refractivity contribution in [3.05, 3.63) is 53.1 Å². The highest BCUT2D eigenvalue weighted by Crippen LogP contribution is 2.39. The predicted octanol–water partition coefficient (Wildman–Crippen LogP) is 3.79. The summed E-state index contributed by atoms with van der Waals surface area (Å²) in [4.78, 5) is 27.0. The molecule has 6 nitrogen and oxygen atoms in total. The molecule has 2 aromatic rings. The molecule has 1 heterocycles. The van der Waals surface area contributed by atoms with Gasteiger partial charge in [-0.15, -0.1) is 0 Å². The van der Waals surface area contributed by atoms with Crippen molar-refractivity contribution in [2.45, 2.75) is 57.4 Å². The van der Waals surface area contributed by atoms with Crippen molar-refractivity contribution >= 4 is 33.0 Å². The first-order valence-electron chi connectivity index (χ1n) is 10.7. The number of carbonyl (C=O) groups excluding carboxylic acids is 2. The highest BCUT2D eigenvalue weighted by atomic mass is 32.2. The minimum absolute atomic E-state index is 0.0319. The van der Waals surface area contributed by atoms with E-state index in [1.54, 1.807) is 18.2 Å². The molecule has 1 atom stereocenters. The molecule has 0 aromatic heterocycles. The first-order valence-corrected chi connectivity index (χ1v) is 12.4. The zero-order chi connectivity index (χ0) is 22.3. The van der Waals surface area contributed by atoms with Crippen LogP contribution in [0.25, 0.3) is 0 Å². The number of nitrogens with one attached hydrogen (secondary N) is 1. The molecule has 1 fully saturated rings. The Bertz CT molecular complexity index is 1150. The Morgan fingerprint density at radius 3 is 2.58 bits per heavy atom. The number of hydrogen-bond donors (Lipinski definition) is 1. The summed E-state index contributed by atoms with van der Waals surface area (Å²) in [5.74, 6) is -0.325. The summed E-state index contributed by atoms with van der Waals surface area (Å²) in [5, 5.41) is 2.81. The third kappa shape index (κ3) is 4.37. The Hall–Kier alpha value is -2.67. The molecular formula is C24H28N2O4S.